The molecule has 1 fully saturated rings. The maximum Gasteiger partial charge on any atom is 0.237 e. The maximum absolute atomic E-state index is 11.6. The van der Waals surface area contributed by atoms with Crippen molar-refractivity contribution in [1.29, 1.82) is 0 Å². The van der Waals surface area contributed by atoms with Gasteiger partial charge in [0.05, 0.1) is 6.04 Å². The quantitative estimate of drug-likeness (QED) is 0.810. The van der Waals surface area contributed by atoms with Gasteiger partial charge in [-0.2, -0.15) is 27.0 Å². The summed E-state index contributed by atoms with van der Waals surface area (Å²) in [5.41, 5.74) is 0. The van der Waals surface area contributed by atoms with Crippen LogP contribution in [0, 0.1) is 5.92 Å². The summed E-state index contributed by atoms with van der Waals surface area (Å²) in [6.07, 6.45) is 3.14. The lowest BCUT2D eigenvalue weighted by Crippen LogP contribution is -2.58. The van der Waals surface area contributed by atoms with E-state index in [-0.39, 0.29) is 38.9 Å². The molecule has 0 radical (unpaired) electrons. The first-order valence-electron chi connectivity index (χ1n) is 5.67. The van der Waals surface area contributed by atoms with Crippen molar-refractivity contribution < 1.29 is 4.79 Å². The molecule has 0 aromatic heterocycles. The predicted molar refractivity (Wildman–Crippen MR) is 78.8 cm³/mol. The predicted octanol–water partition coefficient (Wildman–Crippen LogP) is 1.51. The normalized spacial score (nSPS) is 24.4. The van der Waals surface area contributed by atoms with Crippen LogP contribution in [0.2, 0.25) is 0 Å². The van der Waals surface area contributed by atoms with Crippen molar-refractivity contribution in [3.05, 3.63) is 0 Å². The standard InChI is InChI=1S/C11H22N2O.2H2S/c1-4-5-9-7-12-10(6-8(2)3)11(14)13-9;;/h8-10,12H,4-7H2,1-3H3,(H,13,14);2*1H2/t9-,10-;;/m0../s1. The van der Waals surface area contributed by atoms with Crippen LogP contribution in [0.3, 0.4) is 0 Å². The average molecular weight is 266 g/mol. The minimum absolute atomic E-state index is 0. The van der Waals surface area contributed by atoms with Gasteiger partial charge < -0.3 is 10.6 Å². The van der Waals surface area contributed by atoms with Crippen molar-refractivity contribution in [2.45, 2.75) is 52.1 Å². The minimum atomic E-state index is 0. The molecule has 0 spiro atoms. The fraction of sp³-hybridized carbons (Fsp3) is 0.909. The number of piperazine rings is 1. The molecule has 0 aromatic rings. The third-order valence-corrected chi connectivity index (χ3v) is 2.62. The summed E-state index contributed by atoms with van der Waals surface area (Å²) < 4.78 is 0. The van der Waals surface area contributed by atoms with Crippen LogP contribution in [0.1, 0.15) is 40.0 Å². The smallest absolute Gasteiger partial charge is 0.237 e. The van der Waals surface area contributed by atoms with Crippen molar-refractivity contribution >= 4 is 32.9 Å². The van der Waals surface area contributed by atoms with E-state index < -0.39 is 0 Å². The molecule has 5 heteroatoms. The summed E-state index contributed by atoms with van der Waals surface area (Å²) in [4.78, 5) is 11.6. The Kier molecular flexibility index (Phi) is 10.6. The molecule has 16 heavy (non-hydrogen) atoms. The highest BCUT2D eigenvalue weighted by atomic mass is 32.1. The van der Waals surface area contributed by atoms with Gasteiger partial charge in [-0.25, -0.2) is 0 Å². The van der Waals surface area contributed by atoms with Crippen LogP contribution in [0.4, 0.5) is 0 Å². The van der Waals surface area contributed by atoms with Crippen molar-refractivity contribution in [1.82, 2.24) is 10.6 Å². The van der Waals surface area contributed by atoms with Gasteiger partial charge in [0.1, 0.15) is 0 Å². The molecule has 1 amide bonds. The first-order chi connectivity index (χ1) is 6.63. The zero-order chi connectivity index (χ0) is 10.6. The van der Waals surface area contributed by atoms with Crippen molar-refractivity contribution in [2.75, 3.05) is 6.54 Å². The molecule has 0 saturated carbocycles. The van der Waals surface area contributed by atoms with Crippen molar-refractivity contribution in [3.63, 3.8) is 0 Å². The molecule has 2 atom stereocenters. The van der Waals surface area contributed by atoms with Crippen LogP contribution in [-0.2, 0) is 4.79 Å². The summed E-state index contributed by atoms with van der Waals surface area (Å²) in [6.45, 7) is 7.36. The SMILES string of the molecule is CCC[C@H]1CN[C@@H](CC(C)C)C(=O)N1.S.S. The number of hydrogen-bond acceptors (Lipinski definition) is 2. The molecule has 3 nitrogen and oxygen atoms in total. The molecule has 0 bridgehead atoms. The minimum Gasteiger partial charge on any atom is -0.351 e. The molecule has 0 aliphatic carbocycles. The second kappa shape index (κ2) is 9.19. The zero-order valence-electron chi connectivity index (χ0n) is 10.5. The van der Waals surface area contributed by atoms with Gasteiger partial charge in [-0.1, -0.05) is 27.2 Å². The summed E-state index contributed by atoms with van der Waals surface area (Å²) in [7, 11) is 0. The third-order valence-electron chi connectivity index (χ3n) is 2.62. The molecule has 2 N–H and O–H groups in total. The fourth-order valence-electron chi connectivity index (χ4n) is 1.91. The lowest BCUT2D eigenvalue weighted by molar-refractivity contribution is -0.125. The van der Waals surface area contributed by atoms with E-state index in [9.17, 15) is 4.79 Å². The number of rotatable bonds is 4. The molecular formula is C11H26N2OS2. The van der Waals surface area contributed by atoms with Gasteiger partial charge in [-0.15, -0.1) is 0 Å². The van der Waals surface area contributed by atoms with E-state index in [1.54, 1.807) is 0 Å². The molecule has 1 rings (SSSR count). The summed E-state index contributed by atoms with van der Waals surface area (Å²) in [5.74, 6) is 0.754. The Labute approximate surface area is 113 Å². The lowest BCUT2D eigenvalue weighted by Gasteiger charge is -2.31. The van der Waals surface area contributed by atoms with Gasteiger partial charge >= 0.3 is 0 Å². The number of hydrogen-bond donors (Lipinski definition) is 2. The van der Waals surface area contributed by atoms with E-state index in [2.05, 4.69) is 31.4 Å². The summed E-state index contributed by atoms with van der Waals surface area (Å²) in [5, 5.41) is 6.39. The largest absolute Gasteiger partial charge is 0.351 e. The molecule has 0 unspecified atom stereocenters. The van der Waals surface area contributed by atoms with Crippen LogP contribution >= 0.6 is 27.0 Å². The van der Waals surface area contributed by atoms with Gasteiger partial charge in [-0.3, -0.25) is 4.79 Å². The van der Waals surface area contributed by atoms with Gasteiger partial charge in [0, 0.05) is 12.6 Å². The monoisotopic (exact) mass is 266 g/mol. The molecule has 0 aromatic carbocycles. The number of amides is 1. The molecule has 1 aliphatic rings. The lowest BCUT2D eigenvalue weighted by atomic mass is 9.99. The van der Waals surface area contributed by atoms with E-state index in [4.69, 9.17) is 0 Å². The third kappa shape index (κ3) is 6.01. The van der Waals surface area contributed by atoms with Crippen LogP contribution in [-0.4, -0.2) is 24.5 Å². The summed E-state index contributed by atoms with van der Waals surface area (Å²) >= 11 is 0. The highest BCUT2D eigenvalue weighted by Crippen LogP contribution is 2.09. The Morgan fingerprint density at radius 1 is 1.38 bits per heavy atom. The van der Waals surface area contributed by atoms with Crippen LogP contribution in [0.25, 0.3) is 0 Å². The van der Waals surface area contributed by atoms with E-state index in [0.29, 0.717) is 12.0 Å². The fourth-order valence-corrected chi connectivity index (χ4v) is 1.91. The first kappa shape index (κ1) is 18.5. The van der Waals surface area contributed by atoms with Crippen molar-refractivity contribution in [3.8, 4) is 0 Å². The first-order valence-corrected chi connectivity index (χ1v) is 5.67. The van der Waals surface area contributed by atoms with E-state index >= 15 is 0 Å². The van der Waals surface area contributed by atoms with Crippen LogP contribution in [0.5, 0.6) is 0 Å². The average Bonchev–Trinajstić information content (AvgIpc) is 2.10. The van der Waals surface area contributed by atoms with Crippen molar-refractivity contribution in [2.24, 2.45) is 5.92 Å². The van der Waals surface area contributed by atoms with Crippen LogP contribution < -0.4 is 10.6 Å². The Bertz CT molecular complexity index is 200. The molecular weight excluding hydrogens is 240 g/mol. The van der Waals surface area contributed by atoms with Gasteiger partial charge in [0.15, 0.2) is 0 Å². The zero-order valence-corrected chi connectivity index (χ0v) is 12.5. The number of nitrogens with one attached hydrogen (secondary N) is 2. The molecule has 1 aliphatic heterocycles. The topological polar surface area (TPSA) is 41.1 Å². The van der Waals surface area contributed by atoms with Gasteiger partial charge in [0.2, 0.25) is 5.91 Å². The van der Waals surface area contributed by atoms with E-state index in [1.807, 2.05) is 0 Å². The number of carbonyl (C=O) groups excluding carboxylic acids is 1. The van der Waals surface area contributed by atoms with E-state index in [0.717, 1.165) is 25.8 Å². The highest BCUT2D eigenvalue weighted by molar-refractivity contribution is 7.59. The van der Waals surface area contributed by atoms with Crippen LogP contribution in [0.15, 0.2) is 0 Å². The number of carbonyl (C=O) groups is 1. The Hall–Kier alpha value is 0.130. The second-order valence-electron chi connectivity index (χ2n) is 4.58. The second-order valence-corrected chi connectivity index (χ2v) is 4.58. The maximum atomic E-state index is 11.6. The molecule has 1 heterocycles. The highest BCUT2D eigenvalue weighted by Gasteiger charge is 2.26. The Balaban J connectivity index is 0. The van der Waals surface area contributed by atoms with E-state index in [1.165, 1.54) is 0 Å². The summed E-state index contributed by atoms with van der Waals surface area (Å²) in [6, 6.07) is 0.374. The molecule has 1 saturated heterocycles. The Morgan fingerprint density at radius 3 is 2.44 bits per heavy atom. The van der Waals surface area contributed by atoms with Gasteiger partial charge in [0.25, 0.3) is 0 Å². The Morgan fingerprint density at radius 2 is 2.00 bits per heavy atom. The van der Waals surface area contributed by atoms with Gasteiger partial charge in [-0.05, 0) is 18.8 Å². The molecule has 98 valence electrons.